The van der Waals surface area contributed by atoms with E-state index in [2.05, 4.69) is 5.32 Å². The molecule has 0 aromatic heterocycles. The summed E-state index contributed by atoms with van der Waals surface area (Å²) < 4.78 is 11.2. The Morgan fingerprint density at radius 1 is 0.967 bits per heavy atom. The molecule has 0 bridgehead atoms. The van der Waals surface area contributed by atoms with E-state index in [1.54, 1.807) is 0 Å². The average Bonchev–Trinajstić information content (AvgIpc) is 2.97. The predicted molar refractivity (Wildman–Crippen MR) is 117 cm³/mol. The van der Waals surface area contributed by atoms with Crippen LogP contribution in [0, 0.1) is 0 Å². The lowest BCUT2D eigenvalue weighted by Crippen LogP contribution is -2.35. The van der Waals surface area contributed by atoms with Crippen LogP contribution in [0.5, 0.6) is 5.75 Å². The van der Waals surface area contributed by atoms with Crippen molar-refractivity contribution in [2.75, 3.05) is 25.1 Å². The number of carbonyl (C=O) groups excluding carboxylic acids is 2. The summed E-state index contributed by atoms with van der Waals surface area (Å²) in [7, 11) is 0. The van der Waals surface area contributed by atoms with E-state index in [1.165, 1.54) is 4.90 Å². The topological polar surface area (TPSA) is 67.9 Å². The zero-order valence-electron chi connectivity index (χ0n) is 17.7. The Morgan fingerprint density at radius 2 is 1.73 bits per heavy atom. The molecule has 1 aliphatic rings. The number of amides is 2. The van der Waals surface area contributed by atoms with Crippen molar-refractivity contribution in [3.63, 3.8) is 0 Å². The van der Waals surface area contributed by atoms with Crippen LogP contribution in [0.1, 0.15) is 32.8 Å². The van der Waals surface area contributed by atoms with Crippen molar-refractivity contribution in [1.82, 2.24) is 4.90 Å². The van der Waals surface area contributed by atoms with Gasteiger partial charge in [-0.15, -0.1) is 0 Å². The summed E-state index contributed by atoms with van der Waals surface area (Å²) in [4.78, 5) is 27.5. The Kier molecular flexibility index (Phi) is 7.25. The predicted octanol–water partition coefficient (Wildman–Crippen LogP) is 4.09. The molecule has 0 atom stereocenters. The number of hydrogen-bond donors (Lipinski definition) is 1. The smallest absolute Gasteiger partial charge is 0.278 e. The number of imide groups is 1. The van der Waals surface area contributed by atoms with Gasteiger partial charge in [0.25, 0.3) is 11.8 Å². The van der Waals surface area contributed by atoms with Crippen LogP contribution in [-0.4, -0.2) is 42.6 Å². The first kappa shape index (κ1) is 21.6. The number of rotatable bonds is 10. The molecule has 6 nitrogen and oxygen atoms in total. The highest BCUT2D eigenvalue weighted by molar-refractivity contribution is 6.36. The number of nitrogens with one attached hydrogen (secondary N) is 1. The van der Waals surface area contributed by atoms with Crippen LogP contribution in [0.3, 0.4) is 0 Å². The SMILES string of the molecule is CCCOc1cccc(NC2=C(c3ccccc3)C(=O)N(CCOC(C)C)C2=O)c1. The van der Waals surface area contributed by atoms with Gasteiger partial charge < -0.3 is 14.8 Å². The quantitative estimate of drug-likeness (QED) is 0.600. The van der Waals surface area contributed by atoms with Gasteiger partial charge in [-0.2, -0.15) is 0 Å². The van der Waals surface area contributed by atoms with E-state index in [0.29, 0.717) is 35.8 Å². The van der Waals surface area contributed by atoms with E-state index in [0.717, 1.165) is 6.42 Å². The number of nitrogens with zero attached hydrogens (tertiary/aromatic N) is 1. The first-order valence-electron chi connectivity index (χ1n) is 10.3. The maximum Gasteiger partial charge on any atom is 0.278 e. The highest BCUT2D eigenvalue weighted by atomic mass is 16.5. The Labute approximate surface area is 177 Å². The molecule has 0 saturated carbocycles. The molecule has 0 unspecified atom stereocenters. The molecular weight excluding hydrogens is 380 g/mol. The minimum atomic E-state index is -0.355. The minimum absolute atomic E-state index is 0.0304. The molecule has 0 saturated heterocycles. The highest BCUT2D eigenvalue weighted by Crippen LogP contribution is 2.31. The van der Waals surface area contributed by atoms with Gasteiger partial charge in [-0.3, -0.25) is 14.5 Å². The fourth-order valence-corrected chi connectivity index (χ4v) is 3.18. The summed E-state index contributed by atoms with van der Waals surface area (Å²) in [5.41, 5.74) is 2.02. The largest absolute Gasteiger partial charge is 0.494 e. The van der Waals surface area contributed by atoms with Crippen LogP contribution in [0.25, 0.3) is 5.57 Å². The van der Waals surface area contributed by atoms with Gasteiger partial charge in [-0.05, 0) is 38.0 Å². The average molecular weight is 408 g/mol. The van der Waals surface area contributed by atoms with Crippen LogP contribution < -0.4 is 10.1 Å². The molecule has 2 aromatic rings. The van der Waals surface area contributed by atoms with Crippen molar-refractivity contribution in [3.05, 3.63) is 65.9 Å². The van der Waals surface area contributed by atoms with E-state index >= 15 is 0 Å². The summed E-state index contributed by atoms with van der Waals surface area (Å²) in [5.74, 6) is 0.0354. The number of benzene rings is 2. The molecule has 158 valence electrons. The molecule has 1 aliphatic heterocycles. The molecule has 2 aromatic carbocycles. The first-order valence-corrected chi connectivity index (χ1v) is 10.3. The van der Waals surface area contributed by atoms with Crippen molar-refractivity contribution in [1.29, 1.82) is 0 Å². The molecule has 1 heterocycles. The third kappa shape index (κ3) is 5.07. The first-order chi connectivity index (χ1) is 14.5. The second-order valence-electron chi connectivity index (χ2n) is 7.30. The summed E-state index contributed by atoms with van der Waals surface area (Å²) >= 11 is 0. The zero-order chi connectivity index (χ0) is 21.5. The molecular formula is C24H28N2O4. The molecule has 2 amide bonds. The fourth-order valence-electron chi connectivity index (χ4n) is 3.18. The lowest BCUT2D eigenvalue weighted by atomic mass is 10.0. The molecule has 3 rings (SSSR count). The monoisotopic (exact) mass is 408 g/mol. The fraction of sp³-hybridized carbons (Fsp3) is 0.333. The molecule has 0 aliphatic carbocycles. The van der Waals surface area contributed by atoms with Gasteiger partial charge in [0.15, 0.2) is 0 Å². The maximum atomic E-state index is 13.1. The Hall–Kier alpha value is -3.12. The minimum Gasteiger partial charge on any atom is -0.494 e. The highest BCUT2D eigenvalue weighted by Gasteiger charge is 2.39. The Balaban J connectivity index is 1.90. The van der Waals surface area contributed by atoms with E-state index in [1.807, 2.05) is 75.4 Å². The number of ether oxygens (including phenoxy) is 2. The normalized spacial score (nSPS) is 14.1. The van der Waals surface area contributed by atoms with Crippen molar-refractivity contribution < 1.29 is 19.1 Å². The van der Waals surface area contributed by atoms with E-state index in [-0.39, 0.29) is 30.2 Å². The van der Waals surface area contributed by atoms with Crippen LogP contribution in [0.2, 0.25) is 0 Å². The van der Waals surface area contributed by atoms with Crippen LogP contribution >= 0.6 is 0 Å². The third-order valence-electron chi connectivity index (χ3n) is 4.57. The lowest BCUT2D eigenvalue weighted by Gasteiger charge is -2.16. The summed E-state index contributed by atoms with van der Waals surface area (Å²) in [6.07, 6.45) is 0.935. The molecule has 0 radical (unpaired) electrons. The lowest BCUT2D eigenvalue weighted by molar-refractivity contribution is -0.137. The molecule has 0 fully saturated rings. The van der Waals surface area contributed by atoms with E-state index in [9.17, 15) is 9.59 Å². The van der Waals surface area contributed by atoms with Gasteiger partial charge in [0.2, 0.25) is 0 Å². The number of hydrogen-bond acceptors (Lipinski definition) is 5. The second kappa shape index (κ2) is 10.1. The molecule has 30 heavy (non-hydrogen) atoms. The van der Waals surface area contributed by atoms with Crippen molar-refractivity contribution in [2.24, 2.45) is 0 Å². The van der Waals surface area contributed by atoms with Crippen LogP contribution in [0.4, 0.5) is 5.69 Å². The van der Waals surface area contributed by atoms with Crippen molar-refractivity contribution >= 4 is 23.1 Å². The maximum absolute atomic E-state index is 13.1. The number of anilines is 1. The zero-order valence-corrected chi connectivity index (χ0v) is 17.7. The van der Waals surface area contributed by atoms with Gasteiger partial charge in [0.1, 0.15) is 11.4 Å². The van der Waals surface area contributed by atoms with Gasteiger partial charge in [-0.25, -0.2) is 0 Å². The third-order valence-corrected chi connectivity index (χ3v) is 4.57. The molecule has 6 heteroatoms. The van der Waals surface area contributed by atoms with Crippen LogP contribution in [0.15, 0.2) is 60.3 Å². The van der Waals surface area contributed by atoms with Crippen LogP contribution in [-0.2, 0) is 14.3 Å². The Morgan fingerprint density at radius 3 is 2.43 bits per heavy atom. The van der Waals surface area contributed by atoms with Gasteiger partial charge >= 0.3 is 0 Å². The van der Waals surface area contributed by atoms with Gasteiger partial charge in [0.05, 0.1) is 31.4 Å². The summed E-state index contributed by atoms with van der Waals surface area (Å²) in [6.45, 7) is 6.99. The van der Waals surface area contributed by atoms with E-state index < -0.39 is 0 Å². The molecule has 0 spiro atoms. The standard InChI is InChI=1S/C24H28N2O4/c1-4-14-30-20-12-8-11-19(16-20)25-22-21(18-9-6-5-7-10-18)23(27)26(24(22)28)13-15-29-17(2)3/h5-12,16-17,25H,4,13-15H2,1-3H3. The van der Waals surface area contributed by atoms with Gasteiger partial charge in [-0.1, -0.05) is 43.3 Å². The van der Waals surface area contributed by atoms with Crippen molar-refractivity contribution in [2.45, 2.75) is 33.3 Å². The van der Waals surface area contributed by atoms with Gasteiger partial charge in [0, 0.05) is 11.8 Å². The Bertz CT molecular complexity index is 922. The summed E-state index contributed by atoms with van der Waals surface area (Å²) in [5, 5.41) is 3.16. The second-order valence-corrected chi connectivity index (χ2v) is 7.30. The van der Waals surface area contributed by atoms with Crippen molar-refractivity contribution in [3.8, 4) is 5.75 Å². The molecule has 1 N–H and O–H groups in total. The number of carbonyl (C=O) groups is 2. The van der Waals surface area contributed by atoms with E-state index in [4.69, 9.17) is 9.47 Å². The summed E-state index contributed by atoms with van der Waals surface area (Å²) in [6, 6.07) is 16.6.